The van der Waals surface area contributed by atoms with Crippen molar-refractivity contribution in [3.8, 4) is 12.0 Å². The Labute approximate surface area is 469 Å². The van der Waals surface area contributed by atoms with E-state index in [0.717, 1.165) is 17.1 Å². The molecule has 33 heteroatoms. The average Bonchev–Trinajstić information content (AvgIpc) is 4.48. The molecule has 0 saturated heterocycles. The number of nitrogens with one attached hydrogen (secondary N) is 15. The van der Waals surface area contributed by atoms with Crippen LogP contribution >= 0.6 is 11.6 Å². The van der Waals surface area contributed by atoms with Crippen LogP contribution in [0.5, 0.6) is 12.0 Å². The van der Waals surface area contributed by atoms with Gasteiger partial charge in [0.15, 0.2) is 17.5 Å². The fraction of sp³-hybridized carbons (Fsp3) is 0.220. The molecule has 15 N–H and O–H groups in total. The zero-order valence-electron chi connectivity index (χ0n) is 43.7. The summed E-state index contributed by atoms with van der Waals surface area (Å²) in [5, 5.41) is 58.0. The Balaban J connectivity index is 0.000000117. The van der Waals surface area contributed by atoms with Crippen LogP contribution in [0, 0.1) is 0 Å². The van der Waals surface area contributed by atoms with Gasteiger partial charge in [0.1, 0.15) is 0 Å². The first-order valence-corrected chi connectivity index (χ1v) is 26.3. The number of nitrogens with zero attached hydrogens (tertiary/aromatic N) is 12. The molecule has 0 radical (unpaired) electrons. The number of H-pyrrole nitrogens is 9. The summed E-state index contributed by atoms with van der Waals surface area (Å²) in [7, 11) is 2.97. The van der Waals surface area contributed by atoms with Crippen LogP contribution < -0.4 is 58.1 Å². The molecule has 3 aliphatic rings. The van der Waals surface area contributed by atoms with E-state index in [9.17, 15) is 14.4 Å². The number of benzene rings is 3. The predicted octanol–water partition coefficient (Wildman–Crippen LogP) is 7.06. The van der Waals surface area contributed by atoms with E-state index in [-0.39, 0.29) is 45.9 Å². The highest BCUT2D eigenvalue weighted by atomic mass is 35.5. The van der Waals surface area contributed by atoms with E-state index < -0.39 is 0 Å². The standard InChI is InChI=1S/2C17H17N9O2.C16H14ClN9O/c2*1-28-17-21-15(18-9-4-5-10-12(6-9)24-26-14(10)27)20-16(22-17)19-13-7-11(23-25-13)8-2-3-8;17-14-20-15(18-8-3-4-9-11(5-8)24-26-13(9)27)22-16(21-14)19-12-6-10(23-25-12)7-1-2-7/h2*4-8H,2-3H2,1H3,(H2,24,26,27)(H3,18,19,20,21,22,23,25);3-7H,1-2H2,(H2,24,26,27)(H3,18,19,20,21,22,23,25). The van der Waals surface area contributed by atoms with Crippen molar-refractivity contribution < 1.29 is 9.47 Å². The van der Waals surface area contributed by atoms with Gasteiger partial charge in [0.2, 0.25) is 41.0 Å². The second-order valence-electron chi connectivity index (χ2n) is 19.4. The molecule has 0 spiro atoms. The Morgan fingerprint density at radius 2 is 0.699 bits per heavy atom. The van der Waals surface area contributed by atoms with E-state index in [2.05, 4.69) is 138 Å². The third-order valence-corrected chi connectivity index (χ3v) is 13.4. The van der Waals surface area contributed by atoms with Crippen molar-refractivity contribution in [2.75, 3.05) is 46.1 Å². The Hall–Kier alpha value is -11.2. The number of halogens is 1. The highest BCUT2D eigenvalue weighted by molar-refractivity contribution is 6.28. The van der Waals surface area contributed by atoms with Crippen molar-refractivity contribution in [3.05, 3.63) is 126 Å². The lowest BCUT2D eigenvalue weighted by atomic mass is 10.2. The second kappa shape index (κ2) is 21.8. The normalized spacial score (nSPS) is 13.7. The molecule has 9 heterocycles. The van der Waals surface area contributed by atoms with Crippen molar-refractivity contribution in [3.63, 3.8) is 0 Å². The maximum Gasteiger partial charge on any atom is 0.322 e. The SMILES string of the molecule is COc1nc(Nc2ccc3c(=O)[nH][nH]c3c2)nc(Nc2cc(C3CC3)[nH]n2)n1.COc1nc(Nc2ccc3c(=O)[nH][nH]c3c2)nc(Nc2cc(C3CC3)[nH]n2)n1.O=c1[nH][nH]c2cc(Nc3nc(Cl)nc(Nc4cc(C5CC5)[nH]n4)n3)ccc12. The maximum atomic E-state index is 11.6. The maximum absolute atomic E-state index is 11.6. The number of hydrogen-bond donors (Lipinski definition) is 15. The van der Waals surface area contributed by atoms with Gasteiger partial charge in [0.05, 0.1) is 46.9 Å². The van der Waals surface area contributed by atoms with Gasteiger partial charge in [-0.3, -0.25) is 60.3 Å². The van der Waals surface area contributed by atoms with Crippen molar-refractivity contribution in [2.24, 2.45) is 0 Å². The number of aromatic amines is 9. The largest absolute Gasteiger partial charge is 0.467 e. The van der Waals surface area contributed by atoms with Crippen molar-refractivity contribution in [2.45, 2.75) is 56.3 Å². The molecule has 3 fully saturated rings. The molecule has 3 aromatic carbocycles. The van der Waals surface area contributed by atoms with E-state index in [0.29, 0.717) is 109 Å². The average molecular weight is 1140 g/mol. The molecule has 9 aromatic heterocycles. The number of fused-ring (bicyclic) bond motifs is 3. The molecule has 15 rings (SSSR count). The van der Waals surface area contributed by atoms with Gasteiger partial charge >= 0.3 is 12.0 Å². The molecule has 12 aromatic rings. The van der Waals surface area contributed by atoms with Crippen LogP contribution in [0.15, 0.2) is 87.2 Å². The highest BCUT2D eigenvalue weighted by Crippen LogP contribution is 2.41. The molecule has 32 nitrogen and oxygen atoms in total. The van der Waals surface area contributed by atoms with Gasteiger partial charge in [0, 0.05) is 70.1 Å². The predicted molar refractivity (Wildman–Crippen MR) is 306 cm³/mol. The molecule has 420 valence electrons. The van der Waals surface area contributed by atoms with Crippen LogP contribution in [-0.2, 0) is 0 Å². The van der Waals surface area contributed by atoms with Gasteiger partial charge < -0.3 is 41.4 Å². The second-order valence-corrected chi connectivity index (χ2v) is 19.7. The third kappa shape index (κ3) is 12.1. The number of rotatable bonds is 17. The molecule has 0 bridgehead atoms. The molecular weight excluding hydrogens is 1090 g/mol. The lowest BCUT2D eigenvalue weighted by molar-refractivity contribution is 0.379. The Kier molecular flexibility index (Phi) is 13.5. The van der Waals surface area contributed by atoms with Crippen LogP contribution in [0.4, 0.5) is 70.2 Å². The third-order valence-electron chi connectivity index (χ3n) is 13.3. The van der Waals surface area contributed by atoms with E-state index >= 15 is 0 Å². The smallest absolute Gasteiger partial charge is 0.322 e. The van der Waals surface area contributed by atoms with Crippen LogP contribution in [-0.4, -0.2) is 120 Å². The quantitative estimate of drug-likeness (QED) is 0.0434. The Morgan fingerprint density at radius 1 is 0.398 bits per heavy atom. The minimum absolute atomic E-state index is 0.0454. The first-order chi connectivity index (χ1) is 40.5. The summed E-state index contributed by atoms with van der Waals surface area (Å²) in [6.07, 6.45) is 7.12. The number of hydrogen-bond acceptors (Lipinski definition) is 23. The van der Waals surface area contributed by atoms with Crippen LogP contribution in [0.2, 0.25) is 5.28 Å². The molecule has 0 aliphatic heterocycles. The minimum Gasteiger partial charge on any atom is -0.467 e. The topological polar surface area (TPSA) is 439 Å². The zero-order valence-corrected chi connectivity index (χ0v) is 44.4. The van der Waals surface area contributed by atoms with E-state index in [1.165, 1.54) is 52.7 Å². The molecule has 0 atom stereocenters. The number of ether oxygens (including phenoxy) is 2. The number of methoxy groups -OCH3 is 2. The lowest BCUT2D eigenvalue weighted by Crippen LogP contribution is -2.06. The highest BCUT2D eigenvalue weighted by Gasteiger charge is 2.28. The van der Waals surface area contributed by atoms with Crippen molar-refractivity contribution in [1.29, 1.82) is 0 Å². The Morgan fingerprint density at radius 3 is 1.01 bits per heavy atom. The molecular formula is C50H48ClN27O5. The lowest BCUT2D eigenvalue weighted by Gasteiger charge is -2.08. The van der Waals surface area contributed by atoms with Crippen molar-refractivity contribution in [1.82, 2.24) is 106 Å². The van der Waals surface area contributed by atoms with Gasteiger partial charge in [-0.25, -0.2) is 0 Å². The number of anilines is 12. The summed E-state index contributed by atoms with van der Waals surface area (Å²) in [5.41, 5.74) is 6.95. The fourth-order valence-corrected chi connectivity index (χ4v) is 8.83. The van der Waals surface area contributed by atoms with E-state index in [1.54, 1.807) is 54.6 Å². The zero-order chi connectivity index (χ0) is 56.6. The molecule has 3 saturated carbocycles. The van der Waals surface area contributed by atoms with E-state index in [1.807, 2.05) is 18.2 Å². The first-order valence-electron chi connectivity index (χ1n) is 25.9. The fourth-order valence-electron chi connectivity index (χ4n) is 8.67. The van der Waals surface area contributed by atoms with E-state index in [4.69, 9.17) is 21.1 Å². The minimum atomic E-state index is -0.171. The van der Waals surface area contributed by atoms with Crippen molar-refractivity contribution >= 4 is 115 Å². The summed E-state index contributed by atoms with van der Waals surface area (Å²) in [5.74, 6) is 5.35. The molecule has 0 unspecified atom stereocenters. The summed E-state index contributed by atoms with van der Waals surface area (Å²) in [6, 6.07) is 21.9. The molecule has 3 aliphatic carbocycles. The monoisotopic (exact) mass is 1140 g/mol. The summed E-state index contributed by atoms with van der Waals surface area (Å²) in [4.78, 5) is 72.9. The summed E-state index contributed by atoms with van der Waals surface area (Å²) >= 11 is 6.02. The number of aromatic nitrogens is 21. The van der Waals surface area contributed by atoms with Gasteiger partial charge in [-0.15, -0.1) is 0 Å². The summed E-state index contributed by atoms with van der Waals surface area (Å²) < 4.78 is 10.3. The van der Waals surface area contributed by atoms with Gasteiger partial charge in [-0.2, -0.15) is 60.2 Å². The van der Waals surface area contributed by atoms with Gasteiger partial charge in [-0.05, 0) is 105 Å². The van der Waals surface area contributed by atoms with Gasteiger partial charge in [0.25, 0.3) is 16.7 Å². The van der Waals surface area contributed by atoms with Crippen LogP contribution in [0.1, 0.15) is 73.4 Å². The Bertz CT molecular complexity index is 4310. The first kappa shape index (κ1) is 51.3. The van der Waals surface area contributed by atoms with Gasteiger partial charge in [-0.1, -0.05) is 0 Å². The summed E-state index contributed by atoms with van der Waals surface area (Å²) in [6.45, 7) is 0. The molecule has 83 heavy (non-hydrogen) atoms. The van der Waals surface area contributed by atoms with Crippen LogP contribution in [0.25, 0.3) is 32.7 Å². The molecule has 0 amide bonds. The van der Waals surface area contributed by atoms with Crippen LogP contribution in [0.3, 0.4) is 0 Å².